The molecule has 2 amide bonds. The van der Waals surface area contributed by atoms with E-state index in [0.717, 1.165) is 12.0 Å². The predicted molar refractivity (Wildman–Crippen MR) is 131 cm³/mol. The van der Waals surface area contributed by atoms with Crippen LogP contribution in [0.15, 0.2) is 36.4 Å². The standard InChI is InChI=1S/C25H30Cl2N2O4/c1-15(2)9-10-28-24(30)21-14-29(25(31)18-7-5-16(26)11-22(18)27)13-20(21)19-12-17(32-3)6-8-23(19)33-4/h5-8,11-12,15,20-21H,9-10,13-14H2,1-4H3,(H,28,30). The normalized spacial score (nSPS) is 17.8. The molecule has 2 unspecified atom stereocenters. The molecule has 0 saturated carbocycles. The summed E-state index contributed by atoms with van der Waals surface area (Å²) in [6.45, 7) is 5.44. The molecule has 0 aliphatic carbocycles. The lowest BCUT2D eigenvalue weighted by Gasteiger charge is -2.21. The van der Waals surface area contributed by atoms with Gasteiger partial charge in [0.05, 0.1) is 30.7 Å². The maximum atomic E-state index is 13.3. The molecule has 2 aromatic carbocycles. The molecular formula is C25H30Cl2N2O4. The molecule has 0 bridgehead atoms. The lowest BCUT2D eigenvalue weighted by molar-refractivity contribution is -0.124. The number of likely N-dealkylation sites (tertiary alicyclic amines) is 1. The topological polar surface area (TPSA) is 67.9 Å². The van der Waals surface area contributed by atoms with Crippen molar-refractivity contribution in [2.75, 3.05) is 33.9 Å². The van der Waals surface area contributed by atoms with E-state index < -0.39 is 5.92 Å². The summed E-state index contributed by atoms with van der Waals surface area (Å²) < 4.78 is 11.0. The molecule has 1 fully saturated rings. The maximum Gasteiger partial charge on any atom is 0.255 e. The Balaban J connectivity index is 1.93. The molecule has 3 rings (SSSR count). The first-order valence-electron chi connectivity index (χ1n) is 11.0. The first kappa shape index (κ1) is 25.2. The Labute approximate surface area is 205 Å². The van der Waals surface area contributed by atoms with Crippen LogP contribution in [0.25, 0.3) is 0 Å². The van der Waals surface area contributed by atoms with Gasteiger partial charge < -0.3 is 19.7 Å². The fourth-order valence-corrected chi connectivity index (χ4v) is 4.62. The summed E-state index contributed by atoms with van der Waals surface area (Å²) >= 11 is 12.3. The van der Waals surface area contributed by atoms with Gasteiger partial charge in [-0.2, -0.15) is 0 Å². The van der Waals surface area contributed by atoms with Crippen molar-refractivity contribution in [1.82, 2.24) is 10.2 Å². The van der Waals surface area contributed by atoms with Gasteiger partial charge in [0.15, 0.2) is 0 Å². The second-order valence-electron chi connectivity index (χ2n) is 8.63. The van der Waals surface area contributed by atoms with E-state index >= 15 is 0 Å². The Hall–Kier alpha value is -2.44. The lowest BCUT2D eigenvalue weighted by atomic mass is 9.87. The summed E-state index contributed by atoms with van der Waals surface area (Å²) in [6.07, 6.45) is 0.884. The van der Waals surface area contributed by atoms with E-state index in [9.17, 15) is 9.59 Å². The predicted octanol–water partition coefficient (Wildman–Crippen LogP) is 5.03. The van der Waals surface area contributed by atoms with E-state index in [1.807, 2.05) is 18.2 Å². The molecule has 6 nitrogen and oxygen atoms in total. The molecule has 2 aromatic rings. The van der Waals surface area contributed by atoms with Crippen LogP contribution in [0.3, 0.4) is 0 Å². The number of carbonyl (C=O) groups excluding carboxylic acids is 2. The zero-order chi connectivity index (χ0) is 24.1. The molecule has 0 aromatic heterocycles. The van der Waals surface area contributed by atoms with Gasteiger partial charge in [0, 0.05) is 36.1 Å². The number of methoxy groups -OCH3 is 2. The van der Waals surface area contributed by atoms with Gasteiger partial charge in [0.1, 0.15) is 11.5 Å². The summed E-state index contributed by atoms with van der Waals surface area (Å²) in [5.41, 5.74) is 1.19. The van der Waals surface area contributed by atoms with Crippen molar-refractivity contribution in [3.8, 4) is 11.5 Å². The number of halogens is 2. The number of ether oxygens (including phenoxy) is 2. The van der Waals surface area contributed by atoms with Gasteiger partial charge in [-0.25, -0.2) is 0 Å². The van der Waals surface area contributed by atoms with Crippen LogP contribution >= 0.6 is 23.2 Å². The van der Waals surface area contributed by atoms with Gasteiger partial charge in [-0.1, -0.05) is 37.0 Å². The number of amides is 2. The van der Waals surface area contributed by atoms with Crippen molar-refractivity contribution in [3.63, 3.8) is 0 Å². The Kier molecular flexibility index (Phi) is 8.49. The average molecular weight is 493 g/mol. The van der Waals surface area contributed by atoms with E-state index in [2.05, 4.69) is 19.2 Å². The van der Waals surface area contributed by atoms with E-state index in [-0.39, 0.29) is 29.3 Å². The minimum absolute atomic E-state index is 0.0805. The van der Waals surface area contributed by atoms with Crippen LogP contribution in [0.4, 0.5) is 0 Å². The Morgan fingerprint density at radius 1 is 1.09 bits per heavy atom. The van der Waals surface area contributed by atoms with Crippen molar-refractivity contribution < 1.29 is 19.1 Å². The van der Waals surface area contributed by atoms with Crippen molar-refractivity contribution in [2.24, 2.45) is 11.8 Å². The average Bonchev–Trinajstić information content (AvgIpc) is 3.23. The molecular weight excluding hydrogens is 463 g/mol. The van der Waals surface area contributed by atoms with Crippen LogP contribution < -0.4 is 14.8 Å². The van der Waals surface area contributed by atoms with E-state index in [4.69, 9.17) is 32.7 Å². The van der Waals surface area contributed by atoms with Gasteiger partial charge in [-0.05, 0) is 48.7 Å². The quantitative estimate of drug-likeness (QED) is 0.560. The van der Waals surface area contributed by atoms with Crippen molar-refractivity contribution in [3.05, 3.63) is 57.6 Å². The fraction of sp³-hybridized carbons (Fsp3) is 0.440. The highest BCUT2D eigenvalue weighted by Crippen LogP contribution is 2.40. The highest BCUT2D eigenvalue weighted by molar-refractivity contribution is 6.36. The van der Waals surface area contributed by atoms with Crippen LogP contribution in [0, 0.1) is 11.8 Å². The second-order valence-corrected chi connectivity index (χ2v) is 9.47. The molecule has 1 aliphatic rings. The summed E-state index contributed by atoms with van der Waals surface area (Å²) in [7, 11) is 3.18. The third kappa shape index (κ3) is 5.92. The molecule has 1 aliphatic heterocycles. The Morgan fingerprint density at radius 3 is 2.48 bits per heavy atom. The third-order valence-electron chi connectivity index (χ3n) is 5.96. The summed E-state index contributed by atoms with van der Waals surface area (Å²) in [5, 5.41) is 3.79. The number of hydrogen-bond donors (Lipinski definition) is 1. The zero-order valence-corrected chi connectivity index (χ0v) is 20.9. The van der Waals surface area contributed by atoms with E-state index in [0.29, 0.717) is 41.1 Å². The highest BCUT2D eigenvalue weighted by Gasteiger charge is 2.42. The highest BCUT2D eigenvalue weighted by atomic mass is 35.5. The second kappa shape index (κ2) is 11.1. The van der Waals surface area contributed by atoms with Crippen LogP contribution in [0.5, 0.6) is 11.5 Å². The lowest BCUT2D eigenvalue weighted by Crippen LogP contribution is -2.36. The SMILES string of the molecule is COc1ccc(OC)c(C2CN(C(=O)c3ccc(Cl)cc3Cl)CC2C(=O)NCCC(C)C)c1. The number of carbonyl (C=O) groups is 2. The molecule has 1 heterocycles. The summed E-state index contributed by atoms with van der Waals surface area (Å²) in [5.74, 6) is 0.782. The van der Waals surface area contributed by atoms with E-state index in [1.165, 1.54) is 0 Å². The fourth-order valence-electron chi connectivity index (χ4n) is 4.13. The Morgan fingerprint density at radius 2 is 1.85 bits per heavy atom. The number of nitrogens with one attached hydrogen (secondary N) is 1. The smallest absolute Gasteiger partial charge is 0.255 e. The van der Waals surface area contributed by atoms with Gasteiger partial charge in [0.25, 0.3) is 5.91 Å². The van der Waals surface area contributed by atoms with Crippen LogP contribution in [0.1, 0.15) is 42.1 Å². The third-order valence-corrected chi connectivity index (χ3v) is 6.51. The largest absolute Gasteiger partial charge is 0.497 e. The van der Waals surface area contributed by atoms with Crippen molar-refractivity contribution in [2.45, 2.75) is 26.2 Å². The number of rotatable bonds is 8. The first-order chi connectivity index (χ1) is 15.7. The number of benzene rings is 2. The molecule has 2 atom stereocenters. The minimum Gasteiger partial charge on any atom is -0.497 e. The molecule has 1 N–H and O–H groups in total. The number of nitrogens with zero attached hydrogens (tertiary/aromatic N) is 1. The van der Waals surface area contributed by atoms with Gasteiger partial charge >= 0.3 is 0 Å². The van der Waals surface area contributed by atoms with Gasteiger partial charge in [0.2, 0.25) is 5.91 Å². The zero-order valence-electron chi connectivity index (χ0n) is 19.4. The molecule has 1 saturated heterocycles. The molecule has 178 valence electrons. The van der Waals surface area contributed by atoms with Gasteiger partial charge in [-0.3, -0.25) is 9.59 Å². The van der Waals surface area contributed by atoms with Crippen LogP contribution in [0.2, 0.25) is 10.0 Å². The van der Waals surface area contributed by atoms with E-state index in [1.54, 1.807) is 37.3 Å². The molecule has 0 radical (unpaired) electrons. The van der Waals surface area contributed by atoms with Crippen LogP contribution in [-0.4, -0.2) is 50.6 Å². The summed E-state index contributed by atoms with van der Waals surface area (Å²) in [6, 6.07) is 10.3. The summed E-state index contributed by atoms with van der Waals surface area (Å²) in [4.78, 5) is 28.2. The Bertz CT molecular complexity index is 1010. The molecule has 8 heteroatoms. The van der Waals surface area contributed by atoms with Crippen molar-refractivity contribution in [1.29, 1.82) is 0 Å². The first-order valence-corrected chi connectivity index (χ1v) is 11.7. The van der Waals surface area contributed by atoms with Gasteiger partial charge in [-0.15, -0.1) is 0 Å². The number of hydrogen-bond acceptors (Lipinski definition) is 4. The monoisotopic (exact) mass is 492 g/mol. The minimum atomic E-state index is -0.437. The molecule has 0 spiro atoms. The van der Waals surface area contributed by atoms with Crippen molar-refractivity contribution >= 4 is 35.0 Å². The van der Waals surface area contributed by atoms with Crippen LogP contribution in [-0.2, 0) is 4.79 Å². The maximum absolute atomic E-state index is 13.3. The molecule has 33 heavy (non-hydrogen) atoms.